The number of aliphatic carboxylic acids is 2. The number of thioether (sulfide) groups is 1. The minimum atomic E-state index is -1.50. The topological polar surface area (TPSA) is 188 Å². The van der Waals surface area contributed by atoms with Gasteiger partial charge in [0.15, 0.2) is 0 Å². The molecule has 0 spiro atoms. The van der Waals surface area contributed by atoms with Gasteiger partial charge in [0.05, 0.1) is 12.5 Å². The summed E-state index contributed by atoms with van der Waals surface area (Å²) in [5, 5.41) is 26.4. The van der Waals surface area contributed by atoms with Crippen LogP contribution in [0.3, 0.4) is 0 Å². The first-order valence-corrected chi connectivity index (χ1v) is 13.7. The van der Waals surface area contributed by atoms with Crippen molar-refractivity contribution in [1.82, 2.24) is 16.0 Å². The molecule has 12 heteroatoms. The summed E-state index contributed by atoms with van der Waals surface area (Å²) in [4.78, 5) is 62.2. The molecule has 0 heterocycles. The van der Waals surface area contributed by atoms with Crippen molar-refractivity contribution < 1.29 is 34.2 Å². The molecular weight excluding hydrogens is 524 g/mol. The predicted molar refractivity (Wildman–Crippen MR) is 147 cm³/mol. The van der Waals surface area contributed by atoms with Gasteiger partial charge < -0.3 is 31.9 Å². The lowest BCUT2D eigenvalue weighted by molar-refractivity contribution is -0.143. The fourth-order valence-corrected chi connectivity index (χ4v) is 4.18. The molecule has 0 radical (unpaired) electrons. The van der Waals surface area contributed by atoms with Crippen LogP contribution in [0.1, 0.15) is 24.0 Å². The van der Waals surface area contributed by atoms with Gasteiger partial charge in [0.2, 0.25) is 17.7 Å². The van der Waals surface area contributed by atoms with E-state index < -0.39 is 60.2 Å². The summed E-state index contributed by atoms with van der Waals surface area (Å²) in [5.74, 6) is -4.37. The number of hydrogen-bond donors (Lipinski definition) is 6. The Kier molecular flexibility index (Phi) is 13.0. The van der Waals surface area contributed by atoms with E-state index in [9.17, 15) is 34.2 Å². The molecule has 0 aliphatic rings. The van der Waals surface area contributed by atoms with Crippen LogP contribution in [0.2, 0.25) is 0 Å². The van der Waals surface area contributed by atoms with E-state index in [1.165, 1.54) is 11.8 Å². The van der Waals surface area contributed by atoms with Gasteiger partial charge in [-0.3, -0.25) is 19.2 Å². The van der Waals surface area contributed by atoms with Gasteiger partial charge in [-0.25, -0.2) is 4.79 Å². The average Bonchev–Trinajstić information content (AvgIpc) is 2.91. The molecular formula is C27H34N4O7S. The van der Waals surface area contributed by atoms with E-state index in [1.807, 2.05) is 6.26 Å². The van der Waals surface area contributed by atoms with Gasteiger partial charge in [-0.2, -0.15) is 11.8 Å². The highest BCUT2D eigenvalue weighted by atomic mass is 32.2. The number of benzene rings is 2. The molecule has 0 fully saturated rings. The van der Waals surface area contributed by atoms with Crippen molar-refractivity contribution in [1.29, 1.82) is 0 Å². The molecule has 2 rings (SSSR count). The zero-order valence-electron chi connectivity index (χ0n) is 21.5. The number of carbonyl (C=O) groups is 5. The molecule has 0 aliphatic carbocycles. The molecule has 11 nitrogen and oxygen atoms in total. The highest BCUT2D eigenvalue weighted by Crippen LogP contribution is 2.08. The number of amides is 3. The van der Waals surface area contributed by atoms with Crippen LogP contribution in [-0.2, 0) is 36.8 Å². The van der Waals surface area contributed by atoms with Gasteiger partial charge in [-0.15, -0.1) is 0 Å². The number of carboxylic acid groups (broad SMARTS) is 2. The average molecular weight is 559 g/mol. The molecule has 210 valence electrons. The third-order valence-corrected chi connectivity index (χ3v) is 6.44. The molecule has 7 N–H and O–H groups in total. The highest BCUT2D eigenvalue weighted by molar-refractivity contribution is 7.98. The Bertz CT molecular complexity index is 1120. The van der Waals surface area contributed by atoms with Crippen molar-refractivity contribution in [2.24, 2.45) is 5.73 Å². The third kappa shape index (κ3) is 11.2. The van der Waals surface area contributed by atoms with Crippen molar-refractivity contribution >= 4 is 41.4 Å². The maximum atomic E-state index is 13.3. The first-order chi connectivity index (χ1) is 18.6. The Balaban J connectivity index is 2.23. The zero-order chi connectivity index (χ0) is 28.8. The smallest absolute Gasteiger partial charge is 0.326 e. The molecule has 4 atom stereocenters. The first kappa shape index (κ1) is 31.3. The lowest BCUT2D eigenvalue weighted by Gasteiger charge is -2.25. The van der Waals surface area contributed by atoms with Crippen molar-refractivity contribution in [3.05, 3.63) is 71.8 Å². The molecule has 39 heavy (non-hydrogen) atoms. The van der Waals surface area contributed by atoms with Crippen LogP contribution in [0.15, 0.2) is 60.7 Å². The Hall–Kier alpha value is -3.90. The van der Waals surface area contributed by atoms with Crippen LogP contribution in [0.5, 0.6) is 0 Å². The molecule has 3 amide bonds. The number of hydrogen-bond acceptors (Lipinski definition) is 7. The Labute approximate surface area is 230 Å². The normalized spacial score (nSPS) is 13.8. The number of nitrogens with two attached hydrogens (primary N) is 1. The van der Waals surface area contributed by atoms with E-state index in [4.69, 9.17) is 5.73 Å². The lowest BCUT2D eigenvalue weighted by Crippen LogP contribution is -2.58. The van der Waals surface area contributed by atoms with Gasteiger partial charge in [-0.05, 0) is 29.6 Å². The first-order valence-electron chi connectivity index (χ1n) is 12.3. The van der Waals surface area contributed by atoms with Crippen LogP contribution in [0, 0.1) is 0 Å². The van der Waals surface area contributed by atoms with Gasteiger partial charge in [0.25, 0.3) is 0 Å². The van der Waals surface area contributed by atoms with E-state index >= 15 is 0 Å². The SMILES string of the molecule is CSCCC(N)C(=O)NC(CC(=O)O)C(=O)NC(Cc1ccccc1)C(=O)NC(Cc1ccccc1)C(=O)O. The number of rotatable bonds is 16. The van der Waals surface area contributed by atoms with Crippen LogP contribution >= 0.6 is 11.8 Å². The van der Waals surface area contributed by atoms with E-state index in [2.05, 4.69) is 16.0 Å². The Morgan fingerprint density at radius 1 is 0.744 bits per heavy atom. The molecule has 0 bridgehead atoms. The van der Waals surface area contributed by atoms with Crippen molar-refractivity contribution in [3.63, 3.8) is 0 Å². The summed E-state index contributed by atoms with van der Waals surface area (Å²) < 4.78 is 0. The highest BCUT2D eigenvalue weighted by Gasteiger charge is 2.31. The second-order valence-electron chi connectivity index (χ2n) is 8.89. The summed E-state index contributed by atoms with van der Waals surface area (Å²) in [6.45, 7) is 0. The molecule has 2 aromatic carbocycles. The molecule has 0 aromatic heterocycles. The van der Waals surface area contributed by atoms with Crippen molar-refractivity contribution in [3.8, 4) is 0 Å². The standard InChI is InChI=1S/C27H34N4O7S/c1-39-13-12-19(28)24(34)29-21(16-23(32)33)26(36)30-20(14-17-8-4-2-5-9-17)25(35)31-22(27(37)38)15-18-10-6-3-7-11-18/h2-11,19-22H,12-16,28H2,1H3,(H,29,34)(H,30,36)(H,31,35)(H,32,33)(H,37,38). The Morgan fingerprint density at radius 2 is 1.21 bits per heavy atom. The van der Waals surface area contributed by atoms with Crippen molar-refractivity contribution in [2.75, 3.05) is 12.0 Å². The number of carbonyl (C=O) groups excluding carboxylic acids is 3. The van der Waals surface area contributed by atoms with Crippen LogP contribution < -0.4 is 21.7 Å². The third-order valence-electron chi connectivity index (χ3n) is 5.79. The van der Waals surface area contributed by atoms with Crippen LogP contribution in [0.4, 0.5) is 0 Å². The Morgan fingerprint density at radius 3 is 1.69 bits per heavy atom. The van der Waals surface area contributed by atoms with E-state index in [0.717, 1.165) is 0 Å². The van der Waals surface area contributed by atoms with Crippen molar-refractivity contribution in [2.45, 2.75) is 49.9 Å². The quantitative estimate of drug-likeness (QED) is 0.171. The van der Waals surface area contributed by atoms with Crippen LogP contribution in [0.25, 0.3) is 0 Å². The maximum Gasteiger partial charge on any atom is 0.326 e. The molecule has 0 saturated heterocycles. The molecule has 4 unspecified atom stereocenters. The fourth-order valence-electron chi connectivity index (χ4n) is 3.69. The van der Waals surface area contributed by atoms with E-state index in [1.54, 1.807) is 60.7 Å². The summed E-state index contributed by atoms with van der Waals surface area (Å²) >= 11 is 1.48. The summed E-state index contributed by atoms with van der Waals surface area (Å²) in [7, 11) is 0. The van der Waals surface area contributed by atoms with E-state index in [0.29, 0.717) is 23.3 Å². The second-order valence-corrected chi connectivity index (χ2v) is 9.87. The summed E-state index contributed by atoms with van der Waals surface area (Å²) in [6, 6.07) is 12.5. The zero-order valence-corrected chi connectivity index (χ0v) is 22.4. The van der Waals surface area contributed by atoms with Crippen LogP contribution in [-0.4, -0.2) is 76.0 Å². The minimum absolute atomic E-state index is 0.00291. The fraction of sp³-hybridized carbons (Fsp3) is 0.370. The summed E-state index contributed by atoms with van der Waals surface area (Å²) in [6.07, 6.45) is 1.44. The number of nitrogens with one attached hydrogen (secondary N) is 3. The molecule has 0 saturated carbocycles. The monoisotopic (exact) mass is 558 g/mol. The molecule has 0 aliphatic heterocycles. The summed E-state index contributed by atoms with van der Waals surface area (Å²) in [5.41, 5.74) is 7.22. The predicted octanol–water partition coefficient (Wildman–Crippen LogP) is 0.566. The maximum absolute atomic E-state index is 13.3. The van der Waals surface area contributed by atoms with Gasteiger partial charge in [0.1, 0.15) is 18.1 Å². The second kappa shape index (κ2) is 16.1. The van der Waals surface area contributed by atoms with Gasteiger partial charge in [0, 0.05) is 12.8 Å². The van der Waals surface area contributed by atoms with Gasteiger partial charge in [-0.1, -0.05) is 60.7 Å². The van der Waals surface area contributed by atoms with E-state index in [-0.39, 0.29) is 12.8 Å². The lowest BCUT2D eigenvalue weighted by atomic mass is 10.0. The molecule has 2 aromatic rings. The van der Waals surface area contributed by atoms with Gasteiger partial charge >= 0.3 is 11.9 Å². The minimum Gasteiger partial charge on any atom is -0.481 e. The largest absolute Gasteiger partial charge is 0.481 e. The number of carboxylic acids is 2.